The summed E-state index contributed by atoms with van der Waals surface area (Å²) in [5.74, 6) is 4.26. The van der Waals surface area contributed by atoms with Crippen molar-refractivity contribution in [3.05, 3.63) is 35.4 Å². The molecule has 1 aliphatic rings. The fourth-order valence-electron chi connectivity index (χ4n) is 2.22. The van der Waals surface area contributed by atoms with Crippen molar-refractivity contribution in [3.8, 4) is 0 Å². The first-order chi connectivity index (χ1) is 9.70. The van der Waals surface area contributed by atoms with E-state index in [0.717, 1.165) is 22.6 Å². The first-order valence-corrected chi connectivity index (χ1v) is 9.07. The summed E-state index contributed by atoms with van der Waals surface area (Å²) in [6, 6.07) is 8.03. The highest BCUT2D eigenvalue weighted by Crippen LogP contribution is 2.21. The summed E-state index contributed by atoms with van der Waals surface area (Å²) in [4.78, 5) is 12.1. The summed E-state index contributed by atoms with van der Waals surface area (Å²) in [6.07, 6.45) is 0. The molecule has 0 radical (unpaired) electrons. The van der Waals surface area contributed by atoms with Crippen LogP contribution in [0.1, 0.15) is 17.2 Å². The van der Waals surface area contributed by atoms with Gasteiger partial charge in [0.1, 0.15) is 6.04 Å². The Kier molecular flexibility index (Phi) is 6.26. The topological polar surface area (TPSA) is 38.3 Å². The molecule has 0 aromatic heterocycles. The summed E-state index contributed by atoms with van der Waals surface area (Å²) in [6.45, 7) is 2.04. The zero-order valence-electron chi connectivity index (χ0n) is 11.9. The van der Waals surface area contributed by atoms with E-state index in [9.17, 15) is 4.79 Å². The predicted octanol–water partition coefficient (Wildman–Crippen LogP) is 2.65. The molecule has 1 unspecified atom stereocenters. The Morgan fingerprint density at radius 1 is 1.35 bits per heavy atom. The van der Waals surface area contributed by atoms with Crippen LogP contribution < -0.4 is 5.32 Å². The van der Waals surface area contributed by atoms with E-state index in [4.69, 9.17) is 4.74 Å². The molecule has 1 N–H and O–H groups in total. The van der Waals surface area contributed by atoms with Crippen molar-refractivity contribution in [2.24, 2.45) is 0 Å². The number of carbonyl (C=O) groups excluding carboxylic acids is 1. The fourth-order valence-corrected chi connectivity index (χ4v) is 4.64. The number of nitrogens with one attached hydrogen (secondary N) is 1. The van der Waals surface area contributed by atoms with Crippen molar-refractivity contribution in [2.75, 3.05) is 30.1 Å². The Hall–Kier alpha value is -0.650. The summed E-state index contributed by atoms with van der Waals surface area (Å²) >= 11 is 3.90. The van der Waals surface area contributed by atoms with Crippen LogP contribution in [0.5, 0.6) is 0 Å². The summed E-state index contributed by atoms with van der Waals surface area (Å²) in [7, 11) is 1.45. The van der Waals surface area contributed by atoms with Crippen LogP contribution in [-0.4, -0.2) is 42.1 Å². The van der Waals surface area contributed by atoms with Gasteiger partial charge in [0.05, 0.1) is 7.11 Å². The quantitative estimate of drug-likeness (QED) is 0.866. The lowest BCUT2D eigenvalue weighted by Gasteiger charge is -2.23. The Balaban J connectivity index is 2.12. The van der Waals surface area contributed by atoms with Gasteiger partial charge in [-0.2, -0.15) is 23.5 Å². The van der Waals surface area contributed by atoms with Gasteiger partial charge in [-0.1, -0.05) is 29.8 Å². The van der Waals surface area contributed by atoms with Gasteiger partial charge in [-0.15, -0.1) is 0 Å². The molecule has 1 aromatic carbocycles. The molecule has 0 saturated carbocycles. The van der Waals surface area contributed by atoms with Crippen LogP contribution in [0.3, 0.4) is 0 Å². The van der Waals surface area contributed by atoms with Crippen LogP contribution >= 0.6 is 23.5 Å². The number of hydrogen-bond acceptors (Lipinski definition) is 5. The van der Waals surface area contributed by atoms with E-state index in [-0.39, 0.29) is 12.0 Å². The lowest BCUT2D eigenvalue weighted by Crippen LogP contribution is -2.40. The normalized spacial score (nSPS) is 18.3. The number of benzene rings is 1. The van der Waals surface area contributed by atoms with Crippen LogP contribution in [0.4, 0.5) is 0 Å². The minimum Gasteiger partial charge on any atom is -0.468 e. The maximum atomic E-state index is 12.1. The van der Waals surface area contributed by atoms with Gasteiger partial charge in [-0.05, 0) is 12.5 Å². The number of thioether (sulfide) groups is 2. The number of methoxy groups -OCH3 is 1. The second kappa shape index (κ2) is 7.96. The Morgan fingerprint density at radius 3 is 2.65 bits per heavy atom. The number of ether oxygens (including phenoxy) is 1. The average molecular weight is 311 g/mol. The zero-order valence-corrected chi connectivity index (χ0v) is 13.6. The molecule has 1 aromatic rings. The van der Waals surface area contributed by atoms with E-state index in [1.165, 1.54) is 18.6 Å². The minimum absolute atomic E-state index is 0.213. The average Bonchev–Trinajstić information content (AvgIpc) is 2.72. The number of esters is 1. The molecule has 1 saturated heterocycles. The standard InChI is InChI=1S/C15H21NO2S2/c1-11-4-3-5-12(8-11)14(15(17)18-2)16-13-9-19-6-7-20-10-13/h3-5,8,13-14,16H,6-7,9-10H2,1-2H3. The van der Waals surface area contributed by atoms with Crippen LogP contribution in [0.25, 0.3) is 0 Å². The van der Waals surface area contributed by atoms with Gasteiger partial charge in [0, 0.05) is 29.1 Å². The lowest BCUT2D eigenvalue weighted by atomic mass is 10.0. The molecular weight excluding hydrogens is 290 g/mol. The predicted molar refractivity (Wildman–Crippen MR) is 87.5 cm³/mol. The molecule has 1 heterocycles. The number of aryl methyl sites for hydroxylation is 1. The van der Waals surface area contributed by atoms with Gasteiger partial charge >= 0.3 is 5.97 Å². The molecule has 20 heavy (non-hydrogen) atoms. The van der Waals surface area contributed by atoms with Crippen molar-refractivity contribution in [3.63, 3.8) is 0 Å². The zero-order chi connectivity index (χ0) is 14.4. The molecular formula is C15H21NO2S2. The number of hydrogen-bond donors (Lipinski definition) is 1. The third kappa shape index (κ3) is 4.43. The van der Waals surface area contributed by atoms with E-state index in [1.807, 2.05) is 54.7 Å². The largest absolute Gasteiger partial charge is 0.468 e. The summed E-state index contributed by atoms with van der Waals surface area (Å²) in [5.41, 5.74) is 2.14. The molecule has 1 aliphatic heterocycles. The molecule has 0 aliphatic carbocycles. The van der Waals surface area contributed by atoms with E-state index in [1.54, 1.807) is 0 Å². The van der Waals surface area contributed by atoms with Gasteiger partial charge in [0.2, 0.25) is 0 Å². The van der Waals surface area contributed by atoms with Gasteiger partial charge in [0.15, 0.2) is 0 Å². The monoisotopic (exact) mass is 311 g/mol. The highest BCUT2D eigenvalue weighted by atomic mass is 32.2. The maximum Gasteiger partial charge on any atom is 0.327 e. The minimum atomic E-state index is -0.371. The third-order valence-electron chi connectivity index (χ3n) is 3.22. The highest BCUT2D eigenvalue weighted by molar-refractivity contribution is 8.03. The van der Waals surface area contributed by atoms with Crippen LogP contribution in [0, 0.1) is 6.92 Å². The number of carbonyl (C=O) groups is 1. The fraction of sp³-hybridized carbons (Fsp3) is 0.533. The molecule has 3 nitrogen and oxygen atoms in total. The molecule has 0 bridgehead atoms. The van der Waals surface area contributed by atoms with E-state index in [2.05, 4.69) is 5.32 Å². The molecule has 1 fully saturated rings. The molecule has 0 spiro atoms. The summed E-state index contributed by atoms with van der Waals surface area (Å²) < 4.78 is 4.96. The van der Waals surface area contributed by atoms with Crippen molar-refractivity contribution in [2.45, 2.75) is 19.0 Å². The van der Waals surface area contributed by atoms with Gasteiger partial charge in [-0.3, -0.25) is 5.32 Å². The molecule has 2 rings (SSSR count). The first-order valence-electron chi connectivity index (χ1n) is 6.76. The molecule has 0 amide bonds. The highest BCUT2D eigenvalue weighted by Gasteiger charge is 2.25. The van der Waals surface area contributed by atoms with Crippen molar-refractivity contribution < 1.29 is 9.53 Å². The van der Waals surface area contributed by atoms with Gasteiger partial charge < -0.3 is 4.74 Å². The van der Waals surface area contributed by atoms with Crippen LogP contribution in [-0.2, 0) is 9.53 Å². The van der Waals surface area contributed by atoms with Crippen LogP contribution in [0.15, 0.2) is 24.3 Å². The smallest absolute Gasteiger partial charge is 0.327 e. The van der Waals surface area contributed by atoms with Crippen molar-refractivity contribution in [1.82, 2.24) is 5.32 Å². The molecule has 110 valence electrons. The van der Waals surface area contributed by atoms with E-state index in [0.29, 0.717) is 6.04 Å². The molecule has 5 heteroatoms. The first kappa shape index (κ1) is 15.7. The second-order valence-electron chi connectivity index (χ2n) is 4.88. The SMILES string of the molecule is COC(=O)C(NC1CSCCSC1)c1cccc(C)c1. The van der Waals surface area contributed by atoms with Crippen molar-refractivity contribution >= 4 is 29.5 Å². The van der Waals surface area contributed by atoms with Gasteiger partial charge in [-0.25, -0.2) is 4.79 Å². The maximum absolute atomic E-state index is 12.1. The summed E-state index contributed by atoms with van der Waals surface area (Å²) in [5, 5.41) is 3.47. The third-order valence-corrected chi connectivity index (χ3v) is 5.74. The number of rotatable bonds is 4. The second-order valence-corrected chi connectivity index (χ2v) is 7.18. The van der Waals surface area contributed by atoms with Crippen LogP contribution in [0.2, 0.25) is 0 Å². The molecule has 1 atom stereocenters. The van der Waals surface area contributed by atoms with E-state index >= 15 is 0 Å². The Bertz CT molecular complexity index is 445. The Labute approximate surface area is 129 Å². The van der Waals surface area contributed by atoms with Gasteiger partial charge in [0.25, 0.3) is 0 Å². The Morgan fingerprint density at radius 2 is 2.05 bits per heavy atom. The lowest BCUT2D eigenvalue weighted by molar-refractivity contribution is -0.143. The van der Waals surface area contributed by atoms with E-state index < -0.39 is 0 Å². The van der Waals surface area contributed by atoms with Crippen molar-refractivity contribution in [1.29, 1.82) is 0 Å².